The van der Waals surface area contributed by atoms with Crippen molar-refractivity contribution < 1.29 is 25.2 Å². The van der Waals surface area contributed by atoms with Gasteiger partial charge >= 0.3 is 5.97 Å². The van der Waals surface area contributed by atoms with Crippen LogP contribution in [-0.2, 0) is 11.4 Å². The molecule has 6 nitrogen and oxygen atoms in total. The number of aliphatic hydroxyl groups excluding tert-OH is 2. The number of phenols is 1. The number of hydrogen-bond acceptors (Lipinski definition) is 5. The number of hydrogen-bond donors (Lipinski definition) is 5. The summed E-state index contributed by atoms with van der Waals surface area (Å²) in [6, 6.07) is 4.76. The van der Waals surface area contributed by atoms with Gasteiger partial charge in [-0.25, -0.2) is 0 Å². The number of unbranched alkanes of at least 4 members (excludes halogenated alkanes) is 6. The summed E-state index contributed by atoms with van der Waals surface area (Å²) in [7, 11) is 0. The van der Waals surface area contributed by atoms with Crippen LogP contribution in [0.2, 0.25) is 0 Å². The number of benzene rings is 1. The fourth-order valence-electron chi connectivity index (χ4n) is 2.69. The Morgan fingerprint density at radius 1 is 1.07 bits per heavy atom. The first kappa shape index (κ1) is 27.4. The van der Waals surface area contributed by atoms with Crippen molar-refractivity contribution in [1.29, 1.82) is 0 Å². The Labute approximate surface area is 176 Å². The highest BCUT2D eigenvalue weighted by Gasteiger charge is 2.14. The van der Waals surface area contributed by atoms with Gasteiger partial charge in [0.25, 0.3) is 0 Å². The van der Waals surface area contributed by atoms with E-state index >= 15 is 0 Å². The predicted octanol–water partition coefficient (Wildman–Crippen LogP) is 4.52. The minimum absolute atomic E-state index is 0.0484. The molecule has 1 atom stereocenters. The second kappa shape index (κ2) is 15.2. The topological polar surface area (TPSA) is 110 Å². The van der Waals surface area contributed by atoms with Crippen LogP contribution < -0.4 is 5.32 Å². The lowest BCUT2D eigenvalue weighted by molar-refractivity contribution is -0.137. The molecule has 0 aliphatic rings. The minimum Gasteiger partial charge on any atom is -0.508 e. The number of carbonyl (C=O) groups is 1. The van der Waals surface area contributed by atoms with Gasteiger partial charge < -0.3 is 25.7 Å². The third-order valence-corrected chi connectivity index (χ3v) is 4.48. The number of rotatable bonds is 12. The predicted molar refractivity (Wildman–Crippen MR) is 117 cm³/mol. The second-order valence-corrected chi connectivity index (χ2v) is 8.46. The molecule has 0 bridgehead atoms. The van der Waals surface area contributed by atoms with Crippen LogP contribution in [0.4, 0.5) is 0 Å². The quantitative estimate of drug-likeness (QED) is 0.324. The molecule has 0 aliphatic heterocycles. The fourth-order valence-corrected chi connectivity index (χ4v) is 2.69. The number of aromatic hydroxyl groups is 1. The molecule has 1 aromatic rings. The summed E-state index contributed by atoms with van der Waals surface area (Å²) in [5.41, 5.74) is 1.05. The molecule has 29 heavy (non-hydrogen) atoms. The third-order valence-electron chi connectivity index (χ3n) is 4.48. The number of aliphatic carboxylic acids is 1. The van der Waals surface area contributed by atoms with E-state index < -0.39 is 12.1 Å². The molecule has 1 rings (SSSR count). The highest BCUT2D eigenvalue weighted by Crippen LogP contribution is 2.22. The van der Waals surface area contributed by atoms with E-state index in [-0.39, 0.29) is 17.9 Å². The van der Waals surface area contributed by atoms with E-state index in [0.29, 0.717) is 24.1 Å². The summed E-state index contributed by atoms with van der Waals surface area (Å²) in [5.74, 6) is -0.615. The van der Waals surface area contributed by atoms with Gasteiger partial charge in [0.05, 0.1) is 12.7 Å². The lowest BCUT2D eigenvalue weighted by Gasteiger charge is -2.23. The van der Waals surface area contributed by atoms with E-state index in [1.807, 2.05) is 20.8 Å². The Kier molecular flexibility index (Phi) is 14.4. The maximum Gasteiger partial charge on any atom is 0.303 e. The van der Waals surface area contributed by atoms with Crippen molar-refractivity contribution in [3.63, 3.8) is 0 Å². The second-order valence-electron chi connectivity index (χ2n) is 8.46. The maximum atomic E-state index is 10.1. The largest absolute Gasteiger partial charge is 0.508 e. The van der Waals surface area contributed by atoms with E-state index in [2.05, 4.69) is 12.2 Å². The monoisotopic (exact) mass is 411 g/mol. The number of carboxylic acids is 1. The van der Waals surface area contributed by atoms with Crippen molar-refractivity contribution in [2.75, 3.05) is 6.54 Å². The van der Waals surface area contributed by atoms with Gasteiger partial charge in [0.15, 0.2) is 0 Å². The van der Waals surface area contributed by atoms with Crippen LogP contribution >= 0.6 is 0 Å². The maximum absolute atomic E-state index is 10.1. The van der Waals surface area contributed by atoms with E-state index in [9.17, 15) is 15.0 Å². The smallest absolute Gasteiger partial charge is 0.303 e. The average Bonchev–Trinajstić information content (AvgIpc) is 2.65. The molecule has 168 valence electrons. The van der Waals surface area contributed by atoms with Gasteiger partial charge in [-0.1, -0.05) is 51.5 Å². The van der Waals surface area contributed by atoms with Crippen molar-refractivity contribution in [2.45, 2.75) is 97.3 Å². The van der Waals surface area contributed by atoms with Gasteiger partial charge in [0.2, 0.25) is 0 Å². The lowest BCUT2D eigenvalue weighted by atomic mass is 10.0. The molecule has 0 amide bonds. The Bertz CT molecular complexity index is 569. The zero-order chi connectivity index (χ0) is 22.3. The number of β-amino-alcohol motifs (C(OH)–C–C–N with tert-alkyl or cyclic N) is 1. The van der Waals surface area contributed by atoms with E-state index in [0.717, 1.165) is 12.8 Å². The first-order valence-corrected chi connectivity index (χ1v) is 10.7. The Balaban J connectivity index is 0.000000578. The SMILES string of the molecule is CC(C)(C)NCC(O)c1ccc(O)c(CO)c1.CCCCCCCCCC(=O)O. The molecule has 0 saturated heterocycles. The number of aliphatic hydroxyl groups is 2. The molecule has 0 fully saturated rings. The van der Waals surface area contributed by atoms with Crippen LogP contribution in [0.3, 0.4) is 0 Å². The van der Waals surface area contributed by atoms with Crippen LogP contribution in [0, 0.1) is 0 Å². The lowest BCUT2D eigenvalue weighted by Crippen LogP contribution is -2.38. The summed E-state index contributed by atoms with van der Waals surface area (Å²) >= 11 is 0. The molecule has 0 saturated carbocycles. The van der Waals surface area contributed by atoms with E-state index in [4.69, 9.17) is 10.2 Å². The Morgan fingerprint density at radius 2 is 1.66 bits per heavy atom. The van der Waals surface area contributed by atoms with Crippen molar-refractivity contribution in [2.24, 2.45) is 0 Å². The van der Waals surface area contributed by atoms with Gasteiger partial charge in [-0.05, 0) is 44.9 Å². The van der Waals surface area contributed by atoms with Gasteiger partial charge in [0, 0.05) is 24.1 Å². The summed E-state index contributed by atoms with van der Waals surface area (Å²) in [5, 5.41) is 40.0. The van der Waals surface area contributed by atoms with Crippen LogP contribution in [-0.4, -0.2) is 38.5 Å². The zero-order valence-electron chi connectivity index (χ0n) is 18.6. The minimum atomic E-state index is -0.663. The van der Waals surface area contributed by atoms with Crippen molar-refractivity contribution in [3.05, 3.63) is 29.3 Å². The van der Waals surface area contributed by atoms with Crippen molar-refractivity contribution >= 4 is 5.97 Å². The molecule has 0 spiro atoms. The summed E-state index contributed by atoms with van der Waals surface area (Å²) in [6.07, 6.45) is 7.99. The molecule has 0 aliphatic carbocycles. The van der Waals surface area contributed by atoms with Crippen LogP contribution in [0.15, 0.2) is 18.2 Å². The molecule has 1 unspecified atom stereocenters. The standard InChI is InChI=1S/C13H21NO3.C10H20O2/c1-13(2,3)14-7-12(17)9-4-5-11(16)10(6-9)8-15;1-2-3-4-5-6-7-8-9-10(11)12/h4-6,12,14-17H,7-8H2,1-3H3;2-9H2,1H3,(H,11,12). The normalized spacial score (nSPS) is 12.2. The van der Waals surface area contributed by atoms with Crippen LogP contribution in [0.1, 0.15) is 96.3 Å². The summed E-state index contributed by atoms with van der Waals surface area (Å²) in [4.78, 5) is 10.1. The van der Waals surface area contributed by atoms with Crippen LogP contribution in [0.5, 0.6) is 5.75 Å². The zero-order valence-corrected chi connectivity index (χ0v) is 18.6. The van der Waals surface area contributed by atoms with Crippen molar-refractivity contribution in [3.8, 4) is 5.75 Å². The molecule has 5 N–H and O–H groups in total. The van der Waals surface area contributed by atoms with E-state index in [1.54, 1.807) is 12.1 Å². The van der Waals surface area contributed by atoms with E-state index in [1.165, 1.54) is 38.2 Å². The van der Waals surface area contributed by atoms with Gasteiger partial charge in [-0.2, -0.15) is 0 Å². The Morgan fingerprint density at radius 3 is 2.17 bits per heavy atom. The van der Waals surface area contributed by atoms with Gasteiger partial charge in [-0.3, -0.25) is 4.79 Å². The number of carboxylic acid groups (broad SMARTS) is 1. The first-order chi connectivity index (χ1) is 13.6. The molecular formula is C23H41NO5. The average molecular weight is 412 g/mol. The van der Waals surface area contributed by atoms with Gasteiger partial charge in [0.1, 0.15) is 5.75 Å². The van der Waals surface area contributed by atoms with Gasteiger partial charge in [-0.15, -0.1) is 0 Å². The molecule has 0 aromatic heterocycles. The summed E-state index contributed by atoms with van der Waals surface area (Å²) in [6.45, 7) is 8.46. The highest BCUT2D eigenvalue weighted by atomic mass is 16.4. The molecule has 6 heteroatoms. The molecule has 0 radical (unpaired) electrons. The number of nitrogens with one attached hydrogen (secondary N) is 1. The highest BCUT2D eigenvalue weighted by molar-refractivity contribution is 5.66. The molecule has 0 heterocycles. The fraction of sp³-hybridized carbons (Fsp3) is 0.696. The van der Waals surface area contributed by atoms with Crippen LogP contribution in [0.25, 0.3) is 0 Å². The van der Waals surface area contributed by atoms with Crippen molar-refractivity contribution in [1.82, 2.24) is 5.32 Å². The first-order valence-electron chi connectivity index (χ1n) is 10.7. The molecular weight excluding hydrogens is 370 g/mol. The summed E-state index contributed by atoms with van der Waals surface area (Å²) < 4.78 is 0. The Hall–Kier alpha value is -1.63. The molecule has 1 aromatic carbocycles. The third kappa shape index (κ3) is 14.9.